The van der Waals surface area contributed by atoms with Crippen LogP contribution in [0.3, 0.4) is 0 Å². The summed E-state index contributed by atoms with van der Waals surface area (Å²) < 4.78 is 42.0. The molecule has 2 aromatic carbocycles. The van der Waals surface area contributed by atoms with E-state index in [4.69, 9.17) is 15.2 Å². The van der Waals surface area contributed by atoms with Crippen LogP contribution in [0.5, 0.6) is 11.5 Å². The van der Waals surface area contributed by atoms with Gasteiger partial charge in [0, 0.05) is 61.6 Å². The van der Waals surface area contributed by atoms with Crippen LogP contribution in [0.1, 0.15) is 106 Å². The van der Waals surface area contributed by atoms with Gasteiger partial charge < -0.3 is 35.5 Å². The van der Waals surface area contributed by atoms with Crippen molar-refractivity contribution in [2.24, 2.45) is 11.3 Å². The number of pyridine rings is 2. The van der Waals surface area contributed by atoms with E-state index in [0.717, 1.165) is 88.1 Å². The number of amides is 1. The average molecular weight is 922 g/mol. The summed E-state index contributed by atoms with van der Waals surface area (Å²) in [6.07, 6.45) is 9.62. The van der Waals surface area contributed by atoms with Gasteiger partial charge in [0.25, 0.3) is 15.9 Å². The molecular weight excluding hydrogens is 863 g/mol. The number of H-pyrrole nitrogens is 1. The first kappa shape index (κ1) is 45.3. The van der Waals surface area contributed by atoms with Crippen molar-refractivity contribution < 1.29 is 32.7 Å². The predicted octanol–water partition coefficient (Wildman–Crippen LogP) is 7.66. The van der Waals surface area contributed by atoms with E-state index in [2.05, 4.69) is 72.9 Å². The van der Waals surface area contributed by atoms with Crippen molar-refractivity contribution >= 4 is 50.0 Å². The van der Waals surface area contributed by atoms with Crippen LogP contribution in [0.25, 0.3) is 11.0 Å². The minimum absolute atomic E-state index is 0.0560. The fraction of sp³-hybridized carbons (Fsp3) is 0.479. The van der Waals surface area contributed by atoms with Crippen molar-refractivity contribution in [3.05, 3.63) is 99.9 Å². The van der Waals surface area contributed by atoms with Crippen molar-refractivity contribution in [2.75, 3.05) is 55.3 Å². The van der Waals surface area contributed by atoms with Gasteiger partial charge in [-0.3, -0.25) is 19.8 Å². The fourth-order valence-electron chi connectivity index (χ4n) is 10.5. The SMILES string of the molecule is CC(C)c1ccccc1[C@@H]1COCCN1C1CC2(CCN(c3ccc(C(=O)NS(=O)(=O)c4cnc(NC[C@H]5CC[C@](C)(O)CC5)c([N+](=O)[O-])c4)c(Oc4cc5cc[nH]c5nc4N)c3)CC2)C1. The molecule has 0 bridgehead atoms. The Kier molecular flexibility index (Phi) is 12.4. The molecule has 2 aliphatic heterocycles. The summed E-state index contributed by atoms with van der Waals surface area (Å²) in [5, 5.41) is 26.2. The zero-order valence-electron chi connectivity index (χ0n) is 37.7. The number of nitro groups is 1. The first-order valence-corrected chi connectivity index (χ1v) is 24.5. The number of nitrogens with zero attached hydrogens (tertiary/aromatic N) is 5. The van der Waals surface area contributed by atoms with Crippen molar-refractivity contribution in [1.29, 1.82) is 0 Å². The molecule has 1 atom stereocenters. The molecule has 0 unspecified atom stereocenters. The molecule has 2 saturated heterocycles. The second-order valence-corrected chi connectivity index (χ2v) is 21.0. The Bertz CT molecular complexity index is 2720. The smallest absolute Gasteiger partial charge is 0.312 e. The summed E-state index contributed by atoms with van der Waals surface area (Å²) in [6.45, 7) is 10.6. The third-order valence-corrected chi connectivity index (χ3v) is 15.7. The molecule has 1 spiro atoms. The first-order chi connectivity index (χ1) is 31.6. The lowest BCUT2D eigenvalue weighted by atomic mass is 9.59. The number of hydrogen-bond donors (Lipinski definition) is 5. The number of piperidine rings is 1. The van der Waals surface area contributed by atoms with Crippen LogP contribution >= 0.6 is 0 Å². The molecule has 66 heavy (non-hydrogen) atoms. The van der Waals surface area contributed by atoms with Gasteiger partial charge >= 0.3 is 5.69 Å². The van der Waals surface area contributed by atoms with Gasteiger partial charge in [0.2, 0.25) is 5.82 Å². The zero-order chi connectivity index (χ0) is 46.4. The topological polar surface area (TPSA) is 231 Å². The van der Waals surface area contributed by atoms with Crippen LogP contribution in [0.15, 0.2) is 78.0 Å². The zero-order valence-corrected chi connectivity index (χ0v) is 38.5. The minimum Gasteiger partial charge on any atom is -0.453 e. The Hall–Kier alpha value is -5.82. The van der Waals surface area contributed by atoms with Gasteiger partial charge in [-0.05, 0) is 111 Å². The van der Waals surface area contributed by atoms with Gasteiger partial charge in [-0.2, -0.15) is 0 Å². The van der Waals surface area contributed by atoms with Gasteiger partial charge in [0.1, 0.15) is 16.3 Å². The Labute approximate surface area is 384 Å². The molecule has 0 radical (unpaired) electrons. The predicted molar refractivity (Wildman–Crippen MR) is 251 cm³/mol. The number of carbonyl (C=O) groups excluding carboxylic acids is 1. The number of aromatic nitrogens is 3. The molecule has 5 aromatic rings. The number of ether oxygens (including phenoxy) is 2. The van der Waals surface area contributed by atoms with Gasteiger partial charge in [-0.25, -0.2) is 23.1 Å². The maximum Gasteiger partial charge on any atom is 0.312 e. The summed E-state index contributed by atoms with van der Waals surface area (Å²) >= 11 is 0. The number of hydrogen-bond acceptors (Lipinski definition) is 14. The molecule has 350 valence electrons. The summed E-state index contributed by atoms with van der Waals surface area (Å²) in [6, 6.07) is 18.9. The number of nitrogens with one attached hydrogen (secondary N) is 3. The third kappa shape index (κ3) is 9.41. The van der Waals surface area contributed by atoms with Crippen molar-refractivity contribution in [1.82, 2.24) is 24.6 Å². The molecule has 18 heteroatoms. The Balaban J connectivity index is 0.910. The van der Waals surface area contributed by atoms with Gasteiger partial charge in [0.15, 0.2) is 11.6 Å². The number of aromatic amines is 1. The molecule has 2 saturated carbocycles. The van der Waals surface area contributed by atoms with E-state index < -0.39 is 37.0 Å². The van der Waals surface area contributed by atoms with E-state index in [9.17, 15) is 28.4 Å². The molecule has 2 aliphatic carbocycles. The number of rotatable bonds is 13. The average Bonchev–Trinajstić information content (AvgIpc) is 3.74. The normalized spacial score (nSPS) is 22.6. The molecule has 1 amide bonds. The summed E-state index contributed by atoms with van der Waals surface area (Å²) in [5.74, 6) is -0.230. The Morgan fingerprint density at radius 1 is 1.06 bits per heavy atom. The lowest BCUT2D eigenvalue weighted by molar-refractivity contribution is -0.384. The van der Waals surface area contributed by atoms with E-state index in [1.54, 1.807) is 37.4 Å². The molecule has 9 rings (SSSR count). The number of benzene rings is 2. The number of fused-ring (bicyclic) bond motifs is 1. The summed E-state index contributed by atoms with van der Waals surface area (Å²) in [7, 11) is -4.67. The highest BCUT2D eigenvalue weighted by Crippen LogP contribution is 2.53. The molecule has 4 fully saturated rings. The van der Waals surface area contributed by atoms with Crippen molar-refractivity contribution in [2.45, 2.75) is 101 Å². The summed E-state index contributed by atoms with van der Waals surface area (Å²) in [5.41, 5.74) is 9.27. The van der Waals surface area contributed by atoms with E-state index >= 15 is 0 Å². The van der Waals surface area contributed by atoms with E-state index in [-0.39, 0.29) is 46.1 Å². The largest absolute Gasteiger partial charge is 0.453 e. The monoisotopic (exact) mass is 921 g/mol. The number of nitrogens with two attached hydrogens (primary N) is 1. The van der Waals surface area contributed by atoms with Crippen LogP contribution in [0.2, 0.25) is 0 Å². The van der Waals surface area contributed by atoms with Crippen molar-refractivity contribution in [3.8, 4) is 11.5 Å². The third-order valence-electron chi connectivity index (χ3n) is 14.4. The van der Waals surface area contributed by atoms with Crippen LogP contribution in [-0.4, -0.2) is 95.2 Å². The molecular formula is C48H59N9O8S. The molecule has 6 N–H and O–H groups in total. The maximum absolute atomic E-state index is 14.0. The van der Waals surface area contributed by atoms with Gasteiger partial charge in [-0.15, -0.1) is 0 Å². The highest BCUT2D eigenvalue weighted by atomic mass is 32.2. The number of sulfonamides is 1. The Morgan fingerprint density at radius 3 is 2.56 bits per heavy atom. The number of carbonyl (C=O) groups is 1. The number of anilines is 3. The lowest BCUT2D eigenvalue weighted by Crippen LogP contribution is -2.58. The van der Waals surface area contributed by atoms with Gasteiger partial charge in [0.05, 0.1) is 41.5 Å². The second-order valence-electron chi connectivity index (χ2n) is 19.3. The van der Waals surface area contributed by atoms with Crippen LogP contribution in [0, 0.1) is 21.4 Å². The Morgan fingerprint density at radius 2 is 1.82 bits per heavy atom. The summed E-state index contributed by atoms with van der Waals surface area (Å²) in [4.78, 5) is 41.4. The molecule has 3 aromatic heterocycles. The number of aliphatic hydroxyl groups is 1. The highest BCUT2D eigenvalue weighted by molar-refractivity contribution is 7.90. The van der Waals surface area contributed by atoms with Crippen LogP contribution in [-0.2, 0) is 14.8 Å². The van der Waals surface area contributed by atoms with Crippen molar-refractivity contribution in [3.63, 3.8) is 0 Å². The highest BCUT2D eigenvalue weighted by Gasteiger charge is 2.50. The van der Waals surface area contributed by atoms with E-state index in [1.807, 2.05) is 0 Å². The van der Waals surface area contributed by atoms with Gasteiger partial charge in [-0.1, -0.05) is 38.1 Å². The fourth-order valence-corrected chi connectivity index (χ4v) is 11.4. The number of nitrogen functional groups attached to an aromatic ring is 1. The lowest BCUT2D eigenvalue weighted by Gasteiger charge is -2.57. The van der Waals surface area contributed by atoms with Crippen LogP contribution in [0.4, 0.5) is 23.0 Å². The maximum atomic E-state index is 14.0. The van der Waals surface area contributed by atoms with E-state index in [0.29, 0.717) is 43.6 Å². The standard InChI is InChI=1S/C48H59N9O8S/c1-30(2)36-6-4-5-7-37(36)40-29-64-21-20-56(40)34-25-48(26-34)15-18-55(19-16-48)33-8-9-38(41(23-33)65-42-22-32-12-17-50-44(32)53-43(42)49)46(58)54-66(62,63)35-24-39(57(60)61)45(52-28-35)51-27-31-10-13-47(3,59)14-11-31/h4-9,12,17,22-24,28,30-31,34,40,59H,10-11,13-16,18-21,25-27,29H2,1-3H3,(H,51,52)(H,54,58)(H3,49,50,53)/t31-,40-,47-/m0/s1. The molecule has 17 nitrogen and oxygen atoms in total. The molecule has 5 heterocycles. The van der Waals surface area contributed by atoms with E-state index in [1.165, 1.54) is 17.2 Å². The second kappa shape index (κ2) is 18.1. The molecule has 4 aliphatic rings. The quantitative estimate of drug-likeness (QED) is 0.0564. The first-order valence-electron chi connectivity index (χ1n) is 23.0. The van der Waals surface area contributed by atoms with Crippen LogP contribution < -0.4 is 25.4 Å². The minimum atomic E-state index is -4.67. The number of morpholine rings is 1.